The molecule has 0 spiro atoms. The number of nitrogens with zero attached hydrogens (tertiary/aromatic N) is 3. The Labute approximate surface area is 252 Å². The molecule has 2 aromatic carbocycles. The maximum absolute atomic E-state index is 10.7. The Bertz CT molecular complexity index is 1470. The van der Waals surface area contributed by atoms with E-state index in [1.54, 1.807) is 19.5 Å². The van der Waals surface area contributed by atoms with Gasteiger partial charge in [0, 0.05) is 41.6 Å². The van der Waals surface area contributed by atoms with Crippen LogP contribution in [-0.2, 0) is 11.2 Å². The van der Waals surface area contributed by atoms with Crippen molar-refractivity contribution in [3.05, 3.63) is 76.2 Å². The first-order valence-electron chi connectivity index (χ1n) is 12.8. The molecule has 0 unspecified atom stereocenters. The summed E-state index contributed by atoms with van der Waals surface area (Å²) in [5.74, 6) is 0.469. The third-order valence-corrected chi connectivity index (χ3v) is 6.87. The SMILES string of the molecule is COc1ccc2c(Cc3c(Cl)cncc3Cl)nnc(-c3cccc(OCCCC(=O)O)c3)c2c1.NC(CO)(CO)CO. The summed E-state index contributed by atoms with van der Waals surface area (Å²) in [6.07, 6.45) is 3.98. The molecule has 6 N–H and O–H groups in total. The Morgan fingerprint density at radius 3 is 2.24 bits per heavy atom. The Balaban J connectivity index is 0.000000531. The molecule has 0 saturated carbocycles. The van der Waals surface area contributed by atoms with E-state index in [1.807, 2.05) is 42.5 Å². The summed E-state index contributed by atoms with van der Waals surface area (Å²) in [5.41, 5.74) is 6.87. The molecule has 0 aliphatic carbocycles. The number of pyridine rings is 1. The van der Waals surface area contributed by atoms with Crippen LogP contribution in [0.15, 0.2) is 54.9 Å². The lowest BCUT2D eigenvalue weighted by Gasteiger charge is -2.20. The first-order valence-corrected chi connectivity index (χ1v) is 13.6. The Kier molecular flexibility index (Phi) is 12.2. The van der Waals surface area contributed by atoms with Crippen molar-refractivity contribution in [3.8, 4) is 22.8 Å². The van der Waals surface area contributed by atoms with Crippen LogP contribution < -0.4 is 15.2 Å². The molecule has 0 saturated heterocycles. The van der Waals surface area contributed by atoms with Crippen molar-refractivity contribution < 1.29 is 34.7 Å². The number of fused-ring (bicyclic) bond motifs is 1. The van der Waals surface area contributed by atoms with Crippen molar-refractivity contribution >= 4 is 39.9 Å². The van der Waals surface area contributed by atoms with E-state index in [2.05, 4.69) is 15.2 Å². The molecule has 11 nitrogen and oxygen atoms in total. The molecule has 0 fully saturated rings. The Morgan fingerprint density at radius 2 is 1.64 bits per heavy atom. The van der Waals surface area contributed by atoms with Gasteiger partial charge in [-0.1, -0.05) is 35.3 Å². The number of hydrogen-bond donors (Lipinski definition) is 5. The topological polar surface area (TPSA) is 181 Å². The average Bonchev–Trinajstić information content (AvgIpc) is 3.00. The molecule has 13 heteroatoms. The average molecular weight is 620 g/mol. The maximum atomic E-state index is 10.7. The molecule has 0 aliphatic heterocycles. The molecule has 0 radical (unpaired) electrons. The monoisotopic (exact) mass is 618 g/mol. The lowest BCUT2D eigenvalue weighted by molar-refractivity contribution is -0.137. The first-order chi connectivity index (χ1) is 20.1. The minimum absolute atomic E-state index is 0.0581. The number of hydrogen-bond acceptors (Lipinski definition) is 10. The standard InChI is InChI=1S/C25H21Cl2N3O4.C4H11NO3/c1-33-16-7-8-18-19(11-16)25(15-4-2-5-17(10-15)34-9-3-6-24(31)32)30-29-23(18)12-20-21(26)13-28-14-22(20)27;5-4(1-6,2-7)3-8/h2,4-5,7-8,10-11,13-14H,3,6,9,12H2,1H3,(H,31,32);6-8H,1-3,5H2. The highest BCUT2D eigenvalue weighted by Crippen LogP contribution is 2.34. The summed E-state index contributed by atoms with van der Waals surface area (Å²) in [6.45, 7) is -0.900. The van der Waals surface area contributed by atoms with Crippen LogP contribution in [0.2, 0.25) is 10.0 Å². The smallest absolute Gasteiger partial charge is 0.303 e. The van der Waals surface area contributed by atoms with E-state index in [-0.39, 0.29) is 6.42 Å². The van der Waals surface area contributed by atoms with Gasteiger partial charge in [-0.25, -0.2) is 0 Å². The van der Waals surface area contributed by atoms with E-state index in [1.165, 1.54) is 0 Å². The third-order valence-electron chi connectivity index (χ3n) is 6.22. The summed E-state index contributed by atoms with van der Waals surface area (Å²) < 4.78 is 11.2. The zero-order chi connectivity index (χ0) is 30.7. The van der Waals surface area contributed by atoms with Crippen LogP contribution in [0, 0.1) is 0 Å². The third kappa shape index (κ3) is 8.71. The van der Waals surface area contributed by atoms with Crippen LogP contribution in [-0.4, -0.2) is 80.7 Å². The number of aliphatic hydroxyl groups excluding tert-OH is 3. The second kappa shape index (κ2) is 15.6. The van der Waals surface area contributed by atoms with E-state index in [0.29, 0.717) is 46.7 Å². The van der Waals surface area contributed by atoms with Crippen LogP contribution in [0.4, 0.5) is 0 Å². The number of rotatable bonds is 12. The summed E-state index contributed by atoms with van der Waals surface area (Å²) in [6, 6.07) is 13.2. The van der Waals surface area contributed by atoms with Crippen molar-refractivity contribution in [1.29, 1.82) is 0 Å². The van der Waals surface area contributed by atoms with Crippen LogP contribution in [0.25, 0.3) is 22.0 Å². The molecule has 2 aromatic heterocycles. The highest BCUT2D eigenvalue weighted by molar-refractivity contribution is 6.35. The number of aromatic nitrogens is 3. The number of aliphatic carboxylic acids is 1. The molecule has 4 aromatic rings. The molecule has 0 atom stereocenters. The number of halogens is 2. The molecule has 0 bridgehead atoms. The number of carbonyl (C=O) groups is 1. The molecule has 0 amide bonds. The molecular formula is C29H32Cl2N4O7. The lowest BCUT2D eigenvalue weighted by atomic mass is 10.00. The molecule has 2 heterocycles. The van der Waals surface area contributed by atoms with Gasteiger partial charge in [-0.2, -0.15) is 5.10 Å². The van der Waals surface area contributed by atoms with Gasteiger partial charge in [-0.15, -0.1) is 5.10 Å². The summed E-state index contributed by atoms with van der Waals surface area (Å²) in [4.78, 5) is 14.7. The van der Waals surface area contributed by atoms with Gasteiger partial charge in [0.1, 0.15) is 17.2 Å². The fraction of sp³-hybridized carbons (Fsp3) is 0.310. The van der Waals surface area contributed by atoms with Crippen molar-refractivity contribution in [2.45, 2.75) is 24.8 Å². The minimum Gasteiger partial charge on any atom is -0.497 e. The molecule has 0 aliphatic rings. The second-order valence-electron chi connectivity index (χ2n) is 9.38. The summed E-state index contributed by atoms with van der Waals surface area (Å²) in [7, 11) is 1.61. The maximum Gasteiger partial charge on any atom is 0.303 e. The van der Waals surface area contributed by atoms with Gasteiger partial charge >= 0.3 is 5.97 Å². The van der Waals surface area contributed by atoms with Gasteiger partial charge in [0.2, 0.25) is 0 Å². The van der Waals surface area contributed by atoms with Gasteiger partial charge in [-0.3, -0.25) is 9.78 Å². The van der Waals surface area contributed by atoms with E-state index >= 15 is 0 Å². The fourth-order valence-electron chi connectivity index (χ4n) is 3.73. The fourth-order valence-corrected chi connectivity index (χ4v) is 4.23. The van der Waals surface area contributed by atoms with Crippen LogP contribution >= 0.6 is 23.2 Å². The number of carboxylic acids is 1. The highest BCUT2D eigenvalue weighted by Gasteiger charge is 2.21. The van der Waals surface area contributed by atoms with Crippen LogP contribution in [0.1, 0.15) is 24.1 Å². The predicted octanol–water partition coefficient (Wildman–Crippen LogP) is 3.50. The van der Waals surface area contributed by atoms with Gasteiger partial charge < -0.3 is 35.6 Å². The second-order valence-corrected chi connectivity index (χ2v) is 10.2. The van der Waals surface area contributed by atoms with Gasteiger partial charge in [0.05, 0.1) is 54.8 Å². The van der Waals surface area contributed by atoms with E-state index in [4.69, 9.17) is 58.8 Å². The van der Waals surface area contributed by atoms with E-state index < -0.39 is 31.3 Å². The molecular weight excluding hydrogens is 587 g/mol. The predicted molar refractivity (Wildman–Crippen MR) is 159 cm³/mol. The van der Waals surface area contributed by atoms with Crippen molar-refractivity contribution in [2.75, 3.05) is 33.5 Å². The van der Waals surface area contributed by atoms with Gasteiger partial charge in [0.25, 0.3) is 0 Å². The molecule has 224 valence electrons. The minimum atomic E-state index is -1.21. The zero-order valence-electron chi connectivity index (χ0n) is 22.8. The number of ether oxygens (including phenoxy) is 2. The normalized spacial score (nSPS) is 11.1. The largest absolute Gasteiger partial charge is 0.497 e. The molecule has 42 heavy (non-hydrogen) atoms. The zero-order valence-corrected chi connectivity index (χ0v) is 24.3. The molecule has 4 rings (SSSR count). The Hall–Kier alpha value is -3.58. The number of nitrogens with two attached hydrogens (primary N) is 1. The quantitative estimate of drug-likeness (QED) is 0.146. The highest BCUT2D eigenvalue weighted by atomic mass is 35.5. The summed E-state index contributed by atoms with van der Waals surface area (Å²) in [5, 5.41) is 45.5. The van der Waals surface area contributed by atoms with Crippen LogP contribution in [0.3, 0.4) is 0 Å². The van der Waals surface area contributed by atoms with Crippen LogP contribution in [0.5, 0.6) is 11.5 Å². The van der Waals surface area contributed by atoms with Crippen molar-refractivity contribution in [1.82, 2.24) is 15.2 Å². The lowest BCUT2D eigenvalue weighted by Crippen LogP contribution is -2.50. The van der Waals surface area contributed by atoms with E-state index in [9.17, 15) is 4.79 Å². The number of methoxy groups -OCH3 is 1. The van der Waals surface area contributed by atoms with E-state index in [0.717, 1.165) is 27.6 Å². The van der Waals surface area contributed by atoms with Crippen molar-refractivity contribution in [3.63, 3.8) is 0 Å². The first kappa shape index (κ1) is 32.9. The number of benzene rings is 2. The van der Waals surface area contributed by atoms with Gasteiger partial charge in [-0.05, 0) is 42.3 Å². The number of aliphatic hydroxyl groups is 3. The Morgan fingerprint density at radius 1 is 0.952 bits per heavy atom. The van der Waals surface area contributed by atoms with Gasteiger partial charge in [0.15, 0.2) is 0 Å². The summed E-state index contributed by atoms with van der Waals surface area (Å²) >= 11 is 12.7. The van der Waals surface area contributed by atoms with Crippen molar-refractivity contribution in [2.24, 2.45) is 5.73 Å². The number of carboxylic acid groups (broad SMARTS) is 1.